The van der Waals surface area contributed by atoms with Crippen molar-refractivity contribution in [2.24, 2.45) is 10.9 Å². The van der Waals surface area contributed by atoms with Crippen LogP contribution in [0.15, 0.2) is 217 Å². The van der Waals surface area contributed by atoms with Crippen LogP contribution in [0.1, 0.15) is 45.7 Å². The maximum atomic E-state index is 6.72. The molecule has 4 heteroatoms. The summed E-state index contributed by atoms with van der Waals surface area (Å²) in [6.45, 7) is 0. The highest BCUT2D eigenvalue weighted by molar-refractivity contribution is 6.10. The normalized spacial score (nSPS) is 21.9. The van der Waals surface area contributed by atoms with Gasteiger partial charge in [-0.05, 0) is 84.6 Å². The van der Waals surface area contributed by atoms with Gasteiger partial charge in [-0.1, -0.05) is 194 Å². The first-order chi connectivity index (χ1) is 29.7. The Morgan fingerprint density at radius 3 is 2.08 bits per heavy atom. The maximum absolute atomic E-state index is 6.72. The van der Waals surface area contributed by atoms with Crippen molar-refractivity contribution in [1.29, 1.82) is 0 Å². The van der Waals surface area contributed by atoms with Gasteiger partial charge in [0.05, 0.1) is 5.41 Å². The summed E-state index contributed by atoms with van der Waals surface area (Å²) in [7, 11) is 0. The highest BCUT2D eigenvalue weighted by Crippen LogP contribution is 2.63. The summed E-state index contributed by atoms with van der Waals surface area (Å²) in [5, 5.41) is 10.1. The summed E-state index contributed by atoms with van der Waals surface area (Å²) in [5.74, 6) is 1.93. The van der Waals surface area contributed by atoms with Crippen LogP contribution >= 0.6 is 0 Å². The quantitative estimate of drug-likeness (QED) is 0.183. The van der Waals surface area contributed by atoms with Crippen molar-refractivity contribution in [2.45, 2.75) is 23.9 Å². The Bertz CT molecular complexity index is 3050. The molecular weight excluding hydrogens is 731 g/mol. The monoisotopic (exact) mass is 771 g/mol. The molecule has 2 heterocycles. The van der Waals surface area contributed by atoms with Gasteiger partial charge < -0.3 is 10.1 Å². The molecule has 12 rings (SSSR count). The summed E-state index contributed by atoms with van der Waals surface area (Å²) in [5.41, 5.74) is 14.2. The van der Waals surface area contributed by atoms with E-state index in [-0.39, 0.29) is 24.4 Å². The van der Waals surface area contributed by atoms with Crippen LogP contribution in [-0.4, -0.2) is 11.9 Å². The molecule has 2 N–H and O–H groups in total. The number of amidine groups is 1. The highest BCUT2D eigenvalue weighted by atomic mass is 16.5. The van der Waals surface area contributed by atoms with Gasteiger partial charge in [-0.15, -0.1) is 0 Å². The summed E-state index contributed by atoms with van der Waals surface area (Å²) in [4.78, 5) is 5.38. The van der Waals surface area contributed by atoms with Gasteiger partial charge in [0, 0.05) is 17.0 Å². The molecule has 8 aromatic rings. The number of nitrogens with one attached hydrogen (secondary N) is 2. The Morgan fingerprint density at radius 2 is 1.17 bits per heavy atom. The van der Waals surface area contributed by atoms with E-state index >= 15 is 0 Å². The van der Waals surface area contributed by atoms with Crippen molar-refractivity contribution >= 4 is 16.6 Å². The molecule has 0 fully saturated rings. The van der Waals surface area contributed by atoms with Crippen LogP contribution in [0.25, 0.3) is 44.2 Å². The van der Waals surface area contributed by atoms with Crippen molar-refractivity contribution in [2.75, 3.05) is 0 Å². The zero-order valence-electron chi connectivity index (χ0n) is 32.9. The van der Waals surface area contributed by atoms with E-state index < -0.39 is 5.41 Å². The Morgan fingerprint density at radius 1 is 0.500 bits per heavy atom. The Balaban J connectivity index is 0.980. The molecule has 0 bridgehead atoms. The fourth-order valence-electron chi connectivity index (χ4n) is 10.4. The molecule has 2 aliphatic carbocycles. The predicted molar refractivity (Wildman–Crippen MR) is 244 cm³/mol. The molecule has 0 saturated carbocycles. The number of aliphatic imine (C=N–C) groups is 1. The minimum atomic E-state index is -0.403. The van der Waals surface area contributed by atoms with Crippen molar-refractivity contribution in [1.82, 2.24) is 10.6 Å². The lowest BCUT2D eigenvalue weighted by Crippen LogP contribution is -2.47. The Kier molecular flexibility index (Phi) is 8.07. The third-order valence-corrected chi connectivity index (χ3v) is 13.0. The number of fused-ring (bicyclic) bond motifs is 10. The van der Waals surface area contributed by atoms with Crippen LogP contribution in [0.4, 0.5) is 0 Å². The van der Waals surface area contributed by atoms with Crippen molar-refractivity contribution in [3.8, 4) is 39.1 Å². The van der Waals surface area contributed by atoms with E-state index in [1.54, 1.807) is 0 Å². The van der Waals surface area contributed by atoms with Crippen LogP contribution in [0.3, 0.4) is 0 Å². The van der Waals surface area contributed by atoms with Gasteiger partial charge in [0.25, 0.3) is 0 Å². The molecule has 60 heavy (non-hydrogen) atoms. The number of hydrogen-bond donors (Lipinski definition) is 2. The lowest BCUT2D eigenvalue weighted by atomic mass is 9.60. The van der Waals surface area contributed by atoms with Gasteiger partial charge in [-0.3, -0.25) is 5.32 Å². The van der Waals surface area contributed by atoms with Gasteiger partial charge in [-0.25, -0.2) is 4.99 Å². The topological polar surface area (TPSA) is 45.6 Å². The molecule has 0 aromatic heterocycles. The standard InChI is InChI=1S/C56H41N3O/c1-2-15-36(16-3-1)37-31-33-39(34-32-37)53-57-54(59-55(58-53)44-24-13-18-38-17-4-5-21-42(38)44)41-20-12-19-40(35-41)43-23-14-28-49-52(43)45-22-6-7-25-46(45)56(49)47-26-8-10-29-50(47)60-51-30-11-9-27-48(51)56/h1-35,47,50,53-54,57H,(H,58,59). The molecule has 0 saturated heterocycles. The minimum Gasteiger partial charge on any atom is -0.485 e. The number of para-hydroxylation sites is 1. The molecule has 5 atom stereocenters. The molecule has 1 spiro atoms. The fraction of sp³-hybridized carbons (Fsp3) is 0.0893. The first kappa shape index (κ1) is 34.7. The van der Waals surface area contributed by atoms with E-state index in [0.717, 1.165) is 28.3 Å². The molecule has 8 aromatic carbocycles. The van der Waals surface area contributed by atoms with Gasteiger partial charge in [0.2, 0.25) is 0 Å². The predicted octanol–water partition coefficient (Wildman–Crippen LogP) is 12.3. The van der Waals surface area contributed by atoms with Crippen LogP contribution in [0.2, 0.25) is 0 Å². The number of rotatable bonds is 5. The maximum Gasteiger partial charge on any atom is 0.132 e. The largest absolute Gasteiger partial charge is 0.485 e. The highest BCUT2D eigenvalue weighted by Gasteiger charge is 2.56. The van der Waals surface area contributed by atoms with Crippen LogP contribution in [0.5, 0.6) is 5.75 Å². The van der Waals surface area contributed by atoms with Crippen LogP contribution < -0.4 is 15.4 Å². The third kappa shape index (κ3) is 5.38. The Labute approximate surface area is 350 Å². The number of hydrogen-bond acceptors (Lipinski definition) is 4. The summed E-state index contributed by atoms with van der Waals surface area (Å²) < 4.78 is 6.72. The van der Waals surface area contributed by atoms with Crippen LogP contribution in [0, 0.1) is 5.92 Å². The zero-order valence-corrected chi connectivity index (χ0v) is 32.9. The van der Waals surface area contributed by atoms with Gasteiger partial charge in [0.1, 0.15) is 30.0 Å². The lowest BCUT2D eigenvalue weighted by molar-refractivity contribution is 0.141. The zero-order chi connectivity index (χ0) is 39.6. The van der Waals surface area contributed by atoms with Gasteiger partial charge in [0.15, 0.2) is 0 Å². The van der Waals surface area contributed by atoms with E-state index in [1.165, 1.54) is 60.8 Å². The van der Waals surface area contributed by atoms with Crippen molar-refractivity contribution in [3.63, 3.8) is 0 Å². The van der Waals surface area contributed by atoms with E-state index in [0.29, 0.717) is 0 Å². The average Bonchev–Trinajstić information content (AvgIpc) is 3.62. The molecule has 5 unspecified atom stereocenters. The average molecular weight is 772 g/mol. The second-order valence-corrected chi connectivity index (χ2v) is 16.2. The fourth-order valence-corrected chi connectivity index (χ4v) is 10.4. The number of allylic oxidation sites excluding steroid dienone is 2. The van der Waals surface area contributed by atoms with E-state index in [1.807, 2.05) is 0 Å². The number of nitrogens with zero attached hydrogens (tertiary/aromatic N) is 1. The molecular formula is C56H41N3O. The summed E-state index contributed by atoms with van der Waals surface area (Å²) in [6, 6.07) is 68.1. The minimum absolute atomic E-state index is 0.0700. The SMILES string of the molecule is C1=CC2Oc3ccccc3C3(c4ccccc4-c4c(-c5cccc(C6NC(c7cccc8ccccc78)=NC(c7ccc(-c8ccccc8)cc7)N6)c5)cccc43)C2C=C1. The third-order valence-electron chi connectivity index (χ3n) is 13.0. The van der Waals surface area contributed by atoms with Crippen molar-refractivity contribution < 1.29 is 4.74 Å². The second-order valence-electron chi connectivity index (χ2n) is 16.2. The second kappa shape index (κ2) is 13.9. The van der Waals surface area contributed by atoms with Crippen molar-refractivity contribution in [3.05, 3.63) is 246 Å². The van der Waals surface area contributed by atoms with Gasteiger partial charge >= 0.3 is 0 Å². The first-order valence-corrected chi connectivity index (χ1v) is 20.9. The Hall–Kier alpha value is -7.27. The van der Waals surface area contributed by atoms with E-state index in [9.17, 15) is 0 Å². The molecule has 4 aliphatic rings. The number of benzene rings is 8. The van der Waals surface area contributed by atoms with Crippen LogP contribution in [-0.2, 0) is 5.41 Å². The summed E-state index contributed by atoms with van der Waals surface area (Å²) >= 11 is 0. The number of ether oxygens (including phenoxy) is 1. The molecule has 2 aliphatic heterocycles. The van der Waals surface area contributed by atoms with E-state index in [4.69, 9.17) is 9.73 Å². The molecule has 0 amide bonds. The summed E-state index contributed by atoms with van der Waals surface area (Å²) in [6.07, 6.45) is 8.35. The van der Waals surface area contributed by atoms with E-state index in [2.05, 4.69) is 223 Å². The molecule has 0 radical (unpaired) electrons. The smallest absolute Gasteiger partial charge is 0.132 e. The molecule has 286 valence electrons. The molecule has 4 nitrogen and oxygen atoms in total. The lowest BCUT2D eigenvalue weighted by Gasteiger charge is -2.47. The first-order valence-electron chi connectivity index (χ1n) is 20.9. The van der Waals surface area contributed by atoms with Gasteiger partial charge in [-0.2, -0.15) is 0 Å².